The lowest BCUT2D eigenvalue weighted by Gasteiger charge is -2.08. The SMILES string of the molecule is CCCC(O)CNC(=O)/C=C/c1cncc(O)c1. The third kappa shape index (κ3) is 5.45. The highest BCUT2D eigenvalue weighted by atomic mass is 16.3. The maximum absolute atomic E-state index is 11.4. The topological polar surface area (TPSA) is 82.5 Å². The quantitative estimate of drug-likeness (QED) is 0.660. The van der Waals surface area contributed by atoms with Crippen molar-refractivity contribution < 1.29 is 15.0 Å². The molecule has 0 bridgehead atoms. The number of rotatable bonds is 6. The number of pyridine rings is 1. The second-order valence-corrected chi connectivity index (χ2v) is 4.00. The lowest BCUT2D eigenvalue weighted by molar-refractivity contribution is -0.116. The number of hydrogen-bond donors (Lipinski definition) is 3. The van der Waals surface area contributed by atoms with Crippen LogP contribution in [0.25, 0.3) is 6.08 Å². The van der Waals surface area contributed by atoms with Gasteiger partial charge in [0, 0.05) is 18.8 Å². The van der Waals surface area contributed by atoms with E-state index in [1.54, 1.807) is 6.08 Å². The molecule has 1 unspecified atom stereocenters. The molecule has 1 aromatic heterocycles. The van der Waals surface area contributed by atoms with Crippen LogP contribution in [0.1, 0.15) is 25.3 Å². The van der Waals surface area contributed by atoms with Crippen molar-refractivity contribution in [1.29, 1.82) is 0 Å². The first-order valence-electron chi connectivity index (χ1n) is 5.89. The van der Waals surface area contributed by atoms with Gasteiger partial charge in [0.2, 0.25) is 5.91 Å². The van der Waals surface area contributed by atoms with Crippen LogP contribution in [0.4, 0.5) is 0 Å². The van der Waals surface area contributed by atoms with E-state index in [2.05, 4.69) is 10.3 Å². The van der Waals surface area contributed by atoms with E-state index < -0.39 is 6.10 Å². The Morgan fingerprint density at radius 3 is 3.00 bits per heavy atom. The molecule has 0 saturated heterocycles. The number of carbonyl (C=O) groups excluding carboxylic acids is 1. The van der Waals surface area contributed by atoms with Crippen LogP contribution in [-0.2, 0) is 4.79 Å². The second-order valence-electron chi connectivity index (χ2n) is 4.00. The Hall–Kier alpha value is -1.88. The molecule has 5 nitrogen and oxygen atoms in total. The number of aromatic nitrogens is 1. The fourth-order valence-electron chi connectivity index (χ4n) is 1.42. The summed E-state index contributed by atoms with van der Waals surface area (Å²) in [6.45, 7) is 2.22. The molecule has 0 aliphatic heterocycles. The summed E-state index contributed by atoms with van der Waals surface area (Å²) in [5, 5.41) is 21.2. The maximum Gasteiger partial charge on any atom is 0.244 e. The van der Waals surface area contributed by atoms with Gasteiger partial charge in [0.15, 0.2) is 0 Å². The second kappa shape index (κ2) is 7.45. The molecule has 0 fully saturated rings. The third-order valence-electron chi connectivity index (χ3n) is 2.31. The molecule has 5 heteroatoms. The Balaban J connectivity index is 2.40. The molecule has 1 atom stereocenters. The van der Waals surface area contributed by atoms with E-state index >= 15 is 0 Å². The minimum absolute atomic E-state index is 0.0518. The van der Waals surface area contributed by atoms with Crippen molar-refractivity contribution in [3.05, 3.63) is 30.1 Å². The van der Waals surface area contributed by atoms with E-state index in [1.165, 1.54) is 24.5 Å². The van der Waals surface area contributed by atoms with Gasteiger partial charge < -0.3 is 15.5 Å². The largest absolute Gasteiger partial charge is 0.506 e. The number of amides is 1. The fraction of sp³-hybridized carbons (Fsp3) is 0.385. The average molecular weight is 250 g/mol. The van der Waals surface area contributed by atoms with Crippen LogP contribution in [0.3, 0.4) is 0 Å². The number of hydrogen-bond acceptors (Lipinski definition) is 4. The number of aliphatic hydroxyl groups excluding tert-OH is 1. The Morgan fingerprint density at radius 1 is 1.56 bits per heavy atom. The van der Waals surface area contributed by atoms with Crippen molar-refractivity contribution >= 4 is 12.0 Å². The van der Waals surface area contributed by atoms with Gasteiger partial charge in [-0.05, 0) is 24.1 Å². The van der Waals surface area contributed by atoms with Crippen LogP contribution in [0.2, 0.25) is 0 Å². The van der Waals surface area contributed by atoms with E-state index in [0.29, 0.717) is 12.0 Å². The molecular formula is C13H18N2O3. The van der Waals surface area contributed by atoms with E-state index in [9.17, 15) is 15.0 Å². The highest BCUT2D eigenvalue weighted by Gasteiger charge is 2.03. The number of nitrogens with zero attached hydrogens (tertiary/aromatic N) is 1. The monoisotopic (exact) mass is 250 g/mol. The van der Waals surface area contributed by atoms with Gasteiger partial charge in [0.25, 0.3) is 0 Å². The molecule has 0 aliphatic carbocycles. The van der Waals surface area contributed by atoms with Crippen LogP contribution in [0.15, 0.2) is 24.5 Å². The minimum atomic E-state index is -0.505. The molecule has 98 valence electrons. The van der Waals surface area contributed by atoms with Gasteiger partial charge in [0.05, 0.1) is 12.3 Å². The molecule has 1 rings (SSSR count). The van der Waals surface area contributed by atoms with Crippen molar-refractivity contribution in [2.45, 2.75) is 25.9 Å². The molecule has 0 saturated carbocycles. The predicted molar refractivity (Wildman–Crippen MR) is 68.9 cm³/mol. The highest BCUT2D eigenvalue weighted by Crippen LogP contribution is 2.09. The smallest absolute Gasteiger partial charge is 0.244 e. The molecule has 1 amide bonds. The molecular weight excluding hydrogens is 232 g/mol. The normalized spacial score (nSPS) is 12.6. The lowest BCUT2D eigenvalue weighted by Crippen LogP contribution is -2.30. The number of aromatic hydroxyl groups is 1. The summed E-state index contributed by atoms with van der Waals surface area (Å²) in [5.74, 6) is -0.232. The summed E-state index contributed by atoms with van der Waals surface area (Å²) in [7, 11) is 0. The van der Waals surface area contributed by atoms with Gasteiger partial charge in [-0.25, -0.2) is 0 Å². The first-order valence-corrected chi connectivity index (χ1v) is 5.89. The summed E-state index contributed by atoms with van der Waals surface area (Å²) in [5.41, 5.74) is 0.638. The number of carbonyl (C=O) groups is 1. The highest BCUT2D eigenvalue weighted by molar-refractivity contribution is 5.91. The van der Waals surface area contributed by atoms with Gasteiger partial charge in [-0.1, -0.05) is 13.3 Å². The van der Waals surface area contributed by atoms with Crippen molar-refractivity contribution in [3.63, 3.8) is 0 Å². The van der Waals surface area contributed by atoms with Gasteiger partial charge in [-0.3, -0.25) is 9.78 Å². The molecule has 0 spiro atoms. The number of aliphatic hydroxyl groups is 1. The summed E-state index contributed by atoms with van der Waals surface area (Å²) in [4.78, 5) is 15.2. The van der Waals surface area contributed by atoms with E-state index in [1.807, 2.05) is 6.92 Å². The van der Waals surface area contributed by atoms with Crippen molar-refractivity contribution in [1.82, 2.24) is 10.3 Å². The van der Waals surface area contributed by atoms with Gasteiger partial charge in [-0.2, -0.15) is 0 Å². The molecule has 1 aromatic rings. The Morgan fingerprint density at radius 2 is 2.33 bits per heavy atom. The molecule has 0 radical (unpaired) electrons. The Labute approximate surface area is 106 Å². The molecule has 18 heavy (non-hydrogen) atoms. The minimum Gasteiger partial charge on any atom is -0.506 e. The summed E-state index contributed by atoms with van der Waals surface area (Å²) in [6.07, 6.45) is 6.79. The summed E-state index contributed by atoms with van der Waals surface area (Å²) in [6, 6.07) is 1.50. The third-order valence-corrected chi connectivity index (χ3v) is 2.31. The zero-order valence-corrected chi connectivity index (χ0v) is 10.3. The number of nitrogens with one attached hydrogen (secondary N) is 1. The zero-order valence-electron chi connectivity index (χ0n) is 10.3. The molecule has 1 heterocycles. The van der Waals surface area contributed by atoms with Gasteiger partial charge >= 0.3 is 0 Å². The Kier molecular flexibility index (Phi) is 5.87. The van der Waals surface area contributed by atoms with Crippen molar-refractivity contribution in [2.75, 3.05) is 6.54 Å². The maximum atomic E-state index is 11.4. The van der Waals surface area contributed by atoms with Gasteiger partial charge in [-0.15, -0.1) is 0 Å². The average Bonchev–Trinajstić information content (AvgIpc) is 2.34. The first kappa shape index (κ1) is 14.2. The van der Waals surface area contributed by atoms with Crippen molar-refractivity contribution in [2.24, 2.45) is 0 Å². The standard InChI is InChI=1S/C13H18N2O3/c1-2-3-11(16)9-15-13(18)5-4-10-6-12(17)8-14-7-10/h4-8,11,16-17H,2-3,9H2,1H3,(H,15,18)/b5-4+. The van der Waals surface area contributed by atoms with E-state index in [0.717, 1.165) is 6.42 Å². The summed E-state index contributed by atoms with van der Waals surface area (Å²) >= 11 is 0. The fourth-order valence-corrected chi connectivity index (χ4v) is 1.42. The van der Waals surface area contributed by atoms with Crippen LogP contribution in [0, 0.1) is 0 Å². The molecule has 0 aromatic carbocycles. The predicted octanol–water partition coefficient (Wildman–Crippen LogP) is 1.08. The lowest BCUT2D eigenvalue weighted by atomic mass is 10.2. The molecule has 3 N–H and O–H groups in total. The Bertz CT molecular complexity index is 418. The van der Waals surface area contributed by atoms with Crippen LogP contribution in [-0.4, -0.2) is 33.8 Å². The zero-order chi connectivity index (χ0) is 13.4. The molecule has 0 aliphatic rings. The van der Waals surface area contributed by atoms with Crippen molar-refractivity contribution in [3.8, 4) is 5.75 Å². The van der Waals surface area contributed by atoms with Crippen LogP contribution >= 0.6 is 0 Å². The van der Waals surface area contributed by atoms with Gasteiger partial charge in [0.1, 0.15) is 5.75 Å². The van der Waals surface area contributed by atoms with E-state index in [-0.39, 0.29) is 18.2 Å². The first-order chi connectivity index (χ1) is 8.61. The van der Waals surface area contributed by atoms with Crippen LogP contribution in [0.5, 0.6) is 5.75 Å². The summed E-state index contributed by atoms with van der Waals surface area (Å²) < 4.78 is 0. The van der Waals surface area contributed by atoms with Crippen LogP contribution < -0.4 is 5.32 Å². The van der Waals surface area contributed by atoms with E-state index in [4.69, 9.17) is 0 Å².